The number of imide groups is 1. The summed E-state index contributed by atoms with van der Waals surface area (Å²) in [4.78, 5) is 23.2. The summed E-state index contributed by atoms with van der Waals surface area (Å²) >= 11 is 0. The normalized spacial score (nSPS) is 45.2. The molecule has 1 spiro atoms. The number of carbonyl (C=O) groups is 2. The predicted molar refractivity (Wildman–Crippen MR) is 55.2 cm³/mol. The van der Waals surface area contributed by atoms with Gasteiger partial charge >= 0.3 is 6.03 Å². The Morgan fingerprint density at radius 3 is 2.56 bits per heavy atom. The van der Waals surface area contributed by atoms with Gasteiger partial charge in [0.25, 0.3) is 11.6 Å². The summed E-state index contributed by atoms with van der Waals surface area (Å²) in [5.41, 5.74) is -1.61. The summed E-state index contributed by atoms with van der Waals surface area (Å²) in [5, 5.41) is 13.8. The first-order chi connectivity index (χ1) is 8.38. The lowest BCUT2D eigenvalue weighted by Crippen LogP contribution is -2.56. The maximum atomic E-state index is 11.9. The van der Waals surface area contributed by atoms with Gasteiger partial charge < -0.3 is 19.3 Å². The van der Waals surface area contributed by atoms with E-state index in [9.17, 15) is 14.7 Å². The lowest BCUT2D eigenvalue weighted by atomic mass is 10.0. The second kappa shape index (κ2) is 3.41. The van der Waals surface area contributed by atoms with Crippen LogP contribution in [0.15, 0.2) is 0 Å². The van der Waals surface area contributed by atoms with E-state index in [1.54, 1.807) is 13.8 Å². The summed E-state index contributed by atoms with van der Waals surface area (Å²) < 4.78 is 16.7. The highest BCUT2D eigenvalue weighted by molar-refractivity contribution is 6.06. The molecule has 0 aromatic heterocycles. The minimum Gasteiger partial charge on any atom is -0.394 e. The molecule has 3 aliphatic heterocycles. The van der Waals surface area contributed by atoms with E-state index >= 15 is 0 Å². The number of nitrogens with one attached hydrogen (secondary N) is 2. The largest absolute Gasteiger partial charge is 0.394 e. The highest BCUT2D eigenvalue weighted by Gasteiger charge is 2.69. The molecule has 3 fully saturated rings. The van der Waals surface area contributed by atoms with E-state index in [0.717, 1.165) is 0 Å². The van der Waals surface area contributed by atoms with E-state index in [1.165, 1.54) is 0 Å². The zero-order valence-electron chi connectivity index (χ0n) is 9.93. The Morgan fingerprint density at radius 1 is 1.28 bits per heavy atom. The van der Waals surface area contributed by atoms with Crippen molar-refractivity contribution in [2.45, 2.75) is 43.7 Å². The van der Waals surface area contributed by atoms with E-state index in [1.807, 2.05) is 0 Å². The maximum absolute atomic E-state index is 11.9. The van der Waals surface area contributed by atoms with Crippen LogP contribution in [0.4, 0.5) is 4.79 Å². The minimum atomic E-state index is -1.61. The number of aliphatic hydroxyl groups excluding tert-OH is 1. The highest BCUT2D eigenvalue weighted by Crippen LogP contribution is 2.43. The molecule has 8 heteroatoms. The Bertz CT molecular complexity index is 425. The van der Waals surface area contributed by atoms with Gasteiger partial charge in [0.2, 0.25) is 0 Å². The molecule has 18 heavy (non-hydrogen) atoms. The summed E-state index contributed by atoms with van der Waals surface area (Å²) in [6.45, 7) is 3.07. The molecule has 3 heterocycles. The van der Waals surface area contributed by atoms with Crippen molar-refractivity contribution in [3.63, 3.8) is 0 Å². The van der Waals surface area contributed by atoms with Gasteiger partial charge in [0.15, 0.2) is 5.79 Å². The number of carbonyl (C=O) groups excluding carboxylic acids is 2. The smallest absolute Gasteiger partial charge is 0.324 e. The van der Waals surface area contributed by atoms with Crippen molar-refractivity contribution >= 4 is 11.9 Å². The van der Waals surface area contributed by atoms with E-state index < -0.39 is 41.8 Å². The van der Waals surface area contributed by atoms with Crippen LogP contribution in [0.3, 0.4) is 0 Å². The summed E-state index contributed by atoms with van der Waals surface area (Å²) in [6.07, 6.45) is -2.11. The zero-order chi connectivity index (χ0) is 13.1. The van der Waals surface area contributed by atoms with Crippen molar-refractivity contribution in [3.8, 4) is 0 Å². The summed E-state index contributed by atoms with van der Waals surface area (Å²) in [6, 6.07) is -0.648. The second-order valence-electron chi connectivity index (χ2n) is 5.00. The van der Waals surface area contributed by atoms with E-state index in [2.05, 4.69) is 10.6 Å². The van der Waals surface area contributed by atoms with Crippen molar-refractivity contribution in [2.75, 3.05) is 6.61 Å². The first-order valence-corrected chi connectivity index (χ1v) is 5.66. The molecule has 3 saturated heterocycles. The first-order valence-electron chi connectivity index (χ1n) is 5.66. The molecule has 3 N–H and O–H groups in total. The van der Waals surface area contributed by atoms with E-state index in [4.69, 9.17) is 14.2 Å². The molecule has 8 nitrogen and oxygen atoms in total. The molecule has 0 aromatic carbocycles. The summed E-state index contributed by atoms with van der Waals surface area (Å²) in [5.74, 6) is -1.52. The number of hydrogen-bond donors (Lipinski definition) is 3. The number of hydrogen-bond acceptors (Lipinski definition) is 6. The van der Waals surface area contributed by atoms with Crippen LogP contribution in [0.2, 0.25) is 0 Å². The van der Waals surface area contributed by atoms with Gasteiger partial charge in [-0.3, -0.25) is 15.4 Å². The second-order valence-corrected chi connectivity index (χ2v) is 5.00. The molecule has 0 bridgehead atoms. The van der Waals surface area contributed by atoms with Crippen molar-refractivity contribution in [1.82, 2.24) is 10.6 Å². The van der Waals surface area contributed by atoms with Crippen LogP contribution in [0.5, 0.6) is 0 Å². The Kier molecular flexibility index (Phi) is 2.25. The average molecular weight is 258 g/mol. The fourth-order valence-corrected chi connectivity index (χ4v) is 2.63. The van der Waals surface area contributed by atoms with Crippen molar-refractivity contribution < 1.29 is 28.9 Å². The molecule has 3 aliphatic rings. The molecule has 0 saturated carbocycles. The van der Waals surface area contributed by atoms with Gasteiger partial charge in [-0.1, -0.05) is 0 Å². The van der Waals surface area contributed by atoms with Crippen LogP contribution >= 0.6 is 0 Å². The van der Waals surface area contributed by atoms with Crippen LogP contribution in [-0.2, 0) is 19.0 Å². The quantitative estimate of drug-likeness (QED) is 0.491. The van der Waals surface area contributed by atoms with Gasteiger partial charge in [-0.15, -0.1) is 0 Å². The Labute approximate surface area is 103 Å². The summed E-state index contributed by atoms with van der Waals surface area (Å²) in [7, 11) is 0. The van der Waals surface area contributed by atoms with E-state index in [0.29, 0.717) is 0 Å². The van der Waals surface area contributed by atoms with Crippen molar-refractivity contribution in [3.05, 3.63) is 0 Å². The number of urea groups is 1. The third-order valence-corrected chi connectivity index (χ3v) is 3.28. The van der Waals surface area contributed by atoms with Crippen LogP contribution < -0.4 is 10.6 Å². The maximum Gasteiger partial charge on any atom is 0.324 e. The topological polar surface area (TPSA) is 106 Å². The van der Waals surface area contributed by atoms with Crippen LogP contribution in [0.1, 0.15) is 13.8 Å². The van der Waals surface area contributed by atoms with Crippen molar-refractivity contribution in [2.24, 2.45) is 0 Å². The molecule has 3 rings (SSSR count). The SMILES string of the molecule is CC1(C)O[C@H]2[C@@H](O1)[C@]1(NC(=O)NC1=O)O[C@@H]2CO. The number of aliphatic hydroxyl groups is 1. The van der Waals surface area contributed by atoms with Crippen molar-refractivity contribution in [1.29, 1.82) is 0 Å². The monoisotopic (exact) mass is 258 g/mol. The molecule has 0 aliphatic carbocycles. The molecule has 0 unspecified atom stereocenters. The van der Waals surface area contributed by atoms with Gasteiger partial charge in [-0.2, -0.15) is 0 Å². The lowest BCUT2D eigenvalue weighted by molar-refractivity contribution is -0.213. The van der Waals surface area contributed by atoms with Crippen LogP contribution in [-0.4, -0.2) is 53.5 Å². The zero-order valence-corrected chi connectivity index (χ0v) is 9.93. The number of rotatable bonds is 1. The van der Waals surface area contributed by atoms with Gasteiger partial charge in [0, 0.05) is 0 Å². The Morgan fingerprint density at radius 2 is 2.00 bits per heavy atom. The van der Waals surface area contributed by atoms with Gasteiger partial charge in [0.1, 0.15) is 18.3 Å². The molecular weight excluding hydrogens is 244 g/mol. The fourth-order valence-electron chi connectivity index (χ4n) is 2.63. The Hall–Kier alpha value is -1.22. The fraction of sp³-hybridized carbons (Fsp3) is 0.800. The average Bonchev–Trinajstić information content (AvgIpc) is 2.81. The van der Waals surface area contributed by atoms with Gasteiger partial charge in [0.05, 0.1) is 6.61 Å². The van der Waals surface area contributed by atoms with Crippen LogP contribution in [0, 0.1) is 0 Å². The molecule has 3 amide bonds. The third kappa shape index (κ3) is 1.40. The van der Waals surface area contributed by atoms with Crippen LogP contribution in [0.25, 0.3) is 0 Å². The molecule has 0 aromatic rings. The predicted octanol–water partition coefficient (Wildman–Crippen LogP) is -1.57. The molecule has 4 atom stereocenters. The molecule has 100 valence electrons. The molecule has 0 radical (unpaired) electrons. The van der Waals surface area contributed by atoms with Gasteiger partial charge in [-0.05, 0) is 13.8 Å². The molecular formula is C10H14N2O6. The standard InChI is InChI=1S/C10H14N2O6/c1-9(2)17-5-4(3-13)16-10(6(5)18-9)7(14)11-8(15)12-10/h4-6,13H,3H2,1-2H3,(H2,11,12,14,15)/t4-,5-,6-,10+/m1/s1. The van der Waals surface area contributed by atoms with Gasteiger partial charge in [-0.25, -0.2) is 4.79 Å². The number of ether oxygens (including phenoxy) is 3. The number of fused-ring (bicyclic) bond motifs is 2. The highest BCUT2D eigenvalue weighted by atomic mass is 16.8. The number of amides is 3. The lowest BCUT2D eigenvalue weighted by Gasteiger charge is -2.28. The van der Waals surface area contributed by atoms with E-state index in [-0.39, 0.29) is 6.61 Å². The minimum absolute atomic E-state index is 0.328. The first kappa shape index (κ1) is 11.8. The Balaban J connectivity index is 1.98. The third-order valence-electron chi connectivity index (χ3n) is 3.28.